The molecule has 4 N–H and O–H groups in total. The molecule has 2 aromatic heterocycles. The van der Waals surface area contributed by atoms with Crippen molar-refractivity contribution in [2.24, 2.45) is 5.73 Å². The smallest absolute Gasteiger partial charge is 0.372 e. The number of benzene rings is 2. The minimum absolute atomic E-state index is 0.250. The summed E-state index contributed by atoms with van der Waals surface area (Å²) in [6.07, 6.45) is -0.620. The van der Waals surface area contributed by atoms with Crippen molar-refractivity contribution in [3.63, 3.8) is 0 Å². The van der Waals surface area contributed by atoms with Gasteiger partial charge in [0.05, 0.1) is 5.56 Å². The second-order valence-corrected chi connectivity index (χ2v) is 9.31. The van der Waals surface area contributed by atoms with Gasteiger partial charge < -0.3 is 20.9 Å². The van der Waals surface area contributed by atoms with Crippen LogP contribution in [0, 0.1) is 11.8 Å². The first kappa shape index (κ1) is 28.7. The molecule has 10 heteroatoms. The van der Waals surface area contributed by atoms with Crippen LogP contribution in [0.2, 0.25) is 0 Å². The first-order chi connectivity index (χ1) is 19.3. The van der Waals surface area contributed by atoms with Crippen LogP contribution in [0.4, 0.5) is 24.5 Å². The van der Waals surface area contributed by atoms with E-state index in [1.807, 2.05) is 42.6 Å². The van der Waals surface area contributed by atoms with Gasteiger partial charge in [-0.2, -0.15) is 13.2 Å². The van der Waals surface area contributed by atoms with Crippen molar-refractivity contribution in [3.05, 3.63) is 89.2 Å². The van der Waals surface area contributed by atoms with Crippen LogP contribution in [-0.4, -0.2) is 58.9 Å². The Labute approximate surface area is 231 Å². The number of hydrogen-bond donors (Lipinski definition) is 3. The molecule has 7 nitrogen and oxygen atoms in total. The minimum atomic E-state index is -4.42. The zero-order chi connectivity index (χ0) is 28.5. The van der Waals surface area contributed by atoms with Crippen LogP contribution in [0.25, 0.3) is 11.0 Å². The lowest BCUT2D eigenvalue weighted by atomic mass is 10.0. The maximum absolute atomic E-state index is 13.9. The number of likely N-dealkylation sites (N-methyl/N-ethyl adjacent to an activating group) is 1. The lowest BCUT2D eigenvalue weighted by Crippen LogP contribution is -2.45. The van der Waals surface area contributed by atoms with Crippen molar-refractivity contribution in [1.82, 2.24) is 19.8 Å². The number of H-pyrrole nitrogens is 1. The fourth-order valence-corrected chi connectivity index (χ4v) is 4.52. The van der Waals surface area contributed by atoms with Crippen molar-refractivity contribution in [2.45, 2.75) is 19.6 Å². The van der Waals surface area contributed by atoms with Crippen LogP contribution in [0.3, 0.4) is 0 Å². The van der Waals surface area contributed by atoms with Crippen LogP contribution < -0.4 is 11.1 Å². The molecule has 4 aromatic rings. The summed E-state index contributed by atoms with van der Waals surface area (Å²) in [5.74, 6) is 6.21. The maximum atomic E-state index is 13.9. The number of aromatic nitrogens is 2. The van der Waals surface area contributed by atoms with E-state index in [2.05, 4.69) is 49.6 Å². The summed E-state index contributed by atoms with van der Waals surface area (Å²) < 4.78 is 41.7. The zero-order valence-corrected chi connectivity index (χ0v) is 22.1. The third-order valence-electron chi connectivity index (χ3n) is 6.65. The summed E-state index contributed by atoms with van der Waals surface area (Å²) in [7, 11) is 0. The zero-order valence-electron chi connectivity index (χ0n) is 22.1. The molecule has 208 valence electrons. The van der Waals surface area contributed by atoms with Gasteiger partial charge in [0.1, 0.15) is 5.65 Å². The number of fused-ring (bicyclic) bond motifs is 1. The van der Waals surface area contributed by atoms with Gasteiger partial charge >= 0.3 is 6.18 Å². The average molecular weight is 549 g/mol. The third kappa shape index (κ3) is 7.62. The molecular formula is C30H31F3N6O. The third-order valence-corrected chi connectivity index (χ3v) is 6.65. The van der Waals surface area contributed by atoms with E-state index in [1.54, 1.807) is 18.3 Å². The highest BCUT2D eigenvalue weighted by Gasteiger charge is 2.34. The SMILES string of the molecule is CCN1CCN(Cc2ccc(Nc3ccc(C#Cc4cnc5[nH]ccc5c4)cc3)cc2C(F)(F)F)CC1.NC=O. The van der Waals surface area contributed by atoms with E-state index < -0.39 is 11.7 Å². The second kappa shape index (κ2) is 13.2. The van der Waals surface area contributed by atoms with E-state index in [-0.39, 0.29) is 6.41 Å². The monoisotopic (exact) mass is 548 g/mol. The minimum Gasteiger partial charge on any atom is -0.372 e. The number of amides is 1. The second-order valence-electron chi connectivity index (χ2n) is 9.31. The van der Waals surface area contributed by atoms with E-state index in [1.165, 1.54) is 6.07 Å². The number of primary amides is 1. The highest BCUT2D eigenvalue weighted by molar-refractivity contribution is 5.76. The number of pyridine rings is 1. The Bertz CT molecular complexity index is 1480. The van der Waals surface area contributed by atoms with E-state index in [9.17, 15) is 13.2 Å². The molecule has 2 aromatic carbocycles. The van der Waals surface area contributed by atoms with Gasteiger partial charge in [0.25, 0.3) is 0 Å². The number of piperazine rings is 1. The maximum Gasteiger partial charge on any atom is 0.416 e. The standard InChI is InChI=1S/C29H28F3N5.CH3NO/c1-2-36-13-15-37(16-14-36)20-24-7-10-26(18-27(24)29(30,31)32)35-25-8-5-21(6-9-25)3-4-22-17-23-11-12-33-28(23)34-19-22;2-1-3/h5-12,17-19,35H,2,13-16,20H2,1H3,(H,33,34);1H,(H2,2,3). The molecule has 40 heavy (non-hydrogen) atoms. The molecule has 1 amide bonds. The number of nitrogens with two attached hydrogens (primary N) is 1. The summed E-state index contributed by atoms with van der Waals surface area (Å²) in [4.78, 5) is 20.4. The molecule has 5 rings (SSSR count). The molecule has 0 saturated carbocycles. The summed E-state index contributed by atoms with van der Waals surface area (Å²) in [5.41, 5.74) is 7.40. The number of halogens is 3. The Morgan fingerprint density at radius 3 is 2.30 bits per heavy atom. The Morgan fingerprint density at radius 2 is 1.62 bits per heavy atom. The van der Waals surface area contributed by atoms with Crippen molar-refractivity contribution in [3.8, 4) is 11.8 Å². The van der Waals surface area contributed by atoms with Crippen LogP contribution in [-0.2, 0) is 17.5 Å². The molecule has 1 fully saturated rings. The molecule has 0 spiro atoms. The highest BCUT2D eigenvalue weighted by atomic mass is 19.4. The van der Waals surface area contributed by atoms with Gasteiger partial charge in [0.2, 0.25) is 6.41 Å². The van der Waals surface area contributed by atoms with Crippen molar-refractivity contribution >= 4 is 28.8 Å². The number of carbonyl (C=O) groups excluding carboxylic acids is 1. The quantitative estimate of drug-likeness (QED) is 0.242. The average Bonchev–Trinajstić information content (AvgIpc) is 3.42. The summed E-state index contributed by atoms with van der Waals surface area (Å²) in [6, 6.07) is 15.7. The summed E-state index contributed by atoms with van der Waals surface area (Å²) >= 11 is 0. The van der Waals surface area contributed by atoms with E-state index >= 15 is 0 Å². The Hall–Kier alpha value is -4.33. The predicted molar refractivity (Wildman–Crippen MR) is 151 cm³/mol. The Kier molecular flexibility index (Phi) is 9.43. The fourth-order valence-electron chi connectivity index (χ4n) is 4.52. The first-order valence-electron chi connectivity index (χ1n) is 12.9. The number of rotatable bonds is 5. The molecule has 0 atom stereocenters. The Morgan fingerprint density at radius 1 is 0.975 bits per heavy atom. The molecular weight excluding hydrogens is 517 g/mol. The summed E-state index contributed by atoms with van der Waals surface area (Å²) in [5, 5.41) is 4.09. The number of anilines is 2. The molecule has 0 radical (unpaired) electrons. The van der Waals surface area contributed by atoms with Gasteiger partial charge in [-0.05, 0) is 60.6 Å². The molecule has 0 aliphatic carbocycles. The number of nitrogens with zero attached hydrogens (tertiary/aromatic N) is 3. The summed E-state index contributed by atoms with van der Waals surface area (Å²) in [6.45, 7) is 6.69. The van der Waals surface area contributed by atoms with Crippen LogP contribution in [0.5, 0.6) is 0 Å². The van der Waals surface area contributed by atoms with Gasteiger partial charge in [-0.15, -0.1) is 0 Å². The predicted octanol–water partition coefficient (Wildman–Crippen LogP) is 4.96. The van der Waals surface area contributed by atoms with Crippen molar-refractivity contribution in [2.75, 3.05) is 38.0 Å². The molecule has 0 unspecified atom stereocenters. The lowest BCUT2D eigenvalue weighted by molar-refractivity contribution is -0.138. The van der Waals surface area contributed by atoms with Crippen LogP contribution in [0.1, 0.15) is 29.2 Å². The lowest BCUT2D eigenvalue weighted by Gasteiger charge is -2.34. The van der Waals surface area contributed by atoms with E-state index in [0.717, 1.165) is 54.9 Å². The van der Waals surface area contributed by atoms with Gasteiger partial charge in [-0.1, -0.05) is 24.8 Å². The van der Waals surface area contributed by atoms with Crippen molar-refractivity contribution < 1.29 is 18.0 Å². The van der Waals surface area contributed by atoms with E-state index in [0.29, 0.717) is 23.5 Å². The van der Waals surface area contributed by atoms with Gasteiger partial charge in [0.15, 0.2) is 0 Å². The normalized spacial score (nSPS) is 14.1. The van der Waals surface area contributed by atoms with Crippen LogP contribution in [0.15, 0.2) is 67.0 Å². The highest BCUT2D eigenvalue weighted by Crippen LogP contribution is 2.35. The number of carbonyl (C=O) groups is 1. The largest absolute Gasteiger partial charge is 0.416 e. The topological polar surface area (TPSA) is 90.3 Å². The molecule has 1 aliphatic heterocycles. The number of aromatic amines is 1. The Balaban J connectivity index is 0.00000118. The number of nitrogens with one attached hydrogen (secondary N) is 2. The fraction of sp³-hybridized carbons (Fsp3) is 0.267. The van der Waals surface area contributed by atoms with E-state index in [4.69, 9.17) is 4.79 Å². The van der Waals surface area contributed by atoms with Gasteiger partial charge in [-0.3, -0.25) is 9.69 Å². The number of alkyl halides is 3. The van der Waals surface area contributed by atoms with Crippen molar-refractivity contribution in [1.29, 1.82) is 0 Å². The number of hydrogen-bond acceptors (Lipinski definition) is 5. The molecule has 1 aliphatic rings. The first-order valence-corrected chi connectivity index (χ1v) is 12.9. The molecule has 0 bridgehead atoms. The molecule has 3 heterocycles. The van der Waals surface area contributed by atoms with Gasteiger partial charge in [0, 0.05) is 73.0 Å². The molecule has 1 saturated heterocycles. The van der Waals surface area contributed by atoms with Gasteiger partial charge in [-0.25, -0.2) is 4.98 Å². The van der Waals surface area contributed by atoms with Crippen LogP contribution >= 0.6 is 0 Å².